The van der Waals surface area contributed by atoms with Gasteiger partial charge >= 0.3 is 6.03 Å². The van der Waals surface area contributed by atoms with Crippen LogP contribution < -0.4 is 16.0 Å². The lowest BCUT2D eigenvalue weighted by atomic mass is 10.1. The molecule has 1 aromatic carbocycles. The second-order valence-corrected chi connectivity index (χ2v) is 6.26. The van der Waals surface area contributed by atoms with Crippen molar-refractivity contribution in [1.82, 2.24) is 15.6 Å². The van der Waals surface area contributed by atoms with E-state index in [2.05, 4.69) is 46.1 Å². The Morgan fingerprint density at radius 1 is 1.26 bits per heavy atom. The summed E-state index contributed by atoms with van der Waals surface area (Å²) in [5.74, 6) is -0.254. The third kappa shape index (κ3) is 5.07. The van der Waals surface area contributed by atoms with Crippen LogP contribution in [0.3, 0.4) is 0 Å². The van der Waals surface area contributed by atoms with Gasteiger partial charge in [0.1, 0.15) is 0 Å². The van der Waals surface area contributed by atoms with Gasteiger partial charge in [0.15, 0.2) is 5.13 Å². The molecule has 0 radical (unpaired) electrons. The molecule has 0 saturated carbocycles. The van der Waals surface area contributed by atoms with Crippen LogP contribution in [0.5, 0.6) is 0 Å². The molecule has 2 rings (SSSR count). The van der Waals surface area contributed by atoms with E-state index in [0.717, 1.165) is 17.0 Å². The lowest BCUT2D eigenvalue weighted by Crippen LogP contribution is -2.37. The Morgan fingerprint density at radius 3 is 2.74 bits per heavy atom. The van der Waals surface area contributed by atoms with E-state index in [9.17, 15) is 9.59 Å². The molecule has 7 heteroatoms. The van der Waals surface area contributed by atoms with Crippen molar-refractivity contribution in [3.63, 3.8) is 0 Å². The van der Waals surface area contributed by atoms with Crippen molar-refractivity contribution < 1.29 is 9.59 Å². The maximum Gasteiger partial charge on any atom is 0.321 e. The van der Waals surface area contributed by atoms with Crippen LogP contribution in [0.4, 0.5) is 9.93 Å². The van der Waals surface area contributed by atoms with Crippen LogP contribution in [0.2, 0.25) is 0 Å². The smallest absolute Gasteiger partial charge is 0.321 e. The summed E-state index contributed by atoms with van der Waals surface area (Å²) in [5, 5.41) is 8.09. The molecular weight excluding hydrogens is 312 g/mol. The topological polar surface area (TPSA) is 83.1 Å². The molecular formula is C16H20N4O2S. The highest BCUT2D eigenvalue weighted by Crippen LogP contribution is 2.25. The first-order valence-electron chi connectivity index (χ1n) is 7.25. The number of nitrogens with one attached hydrogen (secondary N) is 3. The highest BCUT2D eigenvalue weighted by molar-refractivity contribution is 7.15. The van der Waals surface area contributed by atoms with Gasteiger partial charge in [-0.05, 0) is 19.4 Å². The van der Waals surface area contributed by atoms with Crippen LogP contribution in [0.25, 0.3) is 0 Å². The van der Waals surface area contributed by atoms with Crippen molar-refractivity contribution in [3.05, 3.63) is 46.0 Å². The van der Waals surface area contributed by atoms with Crippen molar-refractivity contribution in [3.8, 4) is 0 Å². The van der Waals surface area contributed by atoms with E-state index in [0.29, 0.717) is 5.13 Å². The van der Waals surface area contributed by atoms with Crippen molar-refractivity contribution >= 4 is 28.4 Å². The summed E-state index contributed by atoms with van der Waals surface area (Å²) < 4.78 is 0. The normalized spacial score (nSPS) is 10.2. The number of hydrogen-bond acceptors (Lipinski definition) is 4. The second-order valence-electron chi connectivity index (χ2n) is 5.17. The molecule has 3 amide bonds. The summed E-state index contributed by atoms with van der Waals surface area (Å²) in [4.78, 5) is 28.3. The number of urea groups is 1. The maximum absolute atomic E-state index is 11.7. The van der Waals surface area contributed by atoms with Crippen molar-refractivity contribution in [1.29, 1.82) is 0 Å². The Morgan fingerprint density at radius 2 is 2.04 bits per heavy atom. The predicted octanol–water partition coefficient (Wildman–Crippen LogP) is 2.22. The van der Waals surface area contributed by atoms with Gasteiger partial charge in [-0.25, -0.2) is 9.78 Å². The van der Waals surface area contributed by atoms with Gasteiger partial charge < -0.3 is 10.6 Å². The number of aryl methyl sites for hydroxylation is 2. The molecule has 1 heterocycles. The molecule has 2 aromatic rings. The first-order valence-corrected chi connectivity index (χ1v) is 8.07. The van der Waals surface area contributed by atoms with E-state index in [1.54, 1.807) is 0 Å². The monoisotopic (exact) mass is 332 g/mol. The largest absolute Gasteiger partial charge is 0.358 e. The molecule has 0 saturated heterocycles. The molecule has 122 valence electrons. The Hall–Kier alpha value is -2.41. The predicted molar refractivity (Wildman–Crippen MR) is 91.9 cm³/mol. The fourth-order valence-electron chi connectivity index (χ4n) is 2.04. The molecule has 0 unspecified atom stereocenters. The summed E-state index contributed by atoms with van der Waals surface area (Å²) in [6.45, 7) is 3.92. The zero-order chi connectivity index (χ0) is 16.8. The standard InChI is InChI=1S/C16H20N4O2S/c1-10-5-4-6-12(7-10)8-13-11(2)19-16(23-13)20-15(22)18-9-14(21)17-3/h4-7H,8-9H2,1-3H3,(H,17,21)(H2,18,19,20,22). The van der Waals surface area contributed by atoms with Gasteiger partial charge in [0, 0.05) is 18.3 Å². The summed E-state index contributed by atoms with van der Waals surface area (Å²) in [5.41, 5.74) is 3.34. The Labute approximate surface area is 139 Å². The van der Waals surface area contributed by atoms with Gasteiger partial charge in [0.05, 0.1) is 12.2 Å². The number of amides is 3. The van der Waals surface area contributed by atoms with Gasteiger partial charge in [-0.3, -0.25) is 10.1 Å². The SMILES string of the molecule is CNC(=O)CNC(=O)Nc1nc(C)c(Cc2cccc(C)c2)s1. The molecule has 1 aromatic heterocycles. The quantitative estimate of drug-likeness (QED) is 0.785. The van der Waals surface area contributed by atoms with Gasteiger partial charge in [-0.15, -0.1) is 11.3 Å². The molecule has 0 aliphatic carbocycles. The Balaban J connectivity index is 1.98. The average molecular weight is 332 g/mol. The number of benzene rings is 1. The fourth-order valence-corrected chi connectivity index (χ4v) is 3.04. The summed E-state index contributed by atoms with van der Waals surface area (Å²) in [6.07, 6.45) is 0.784. The molecule has 3 N–H and O–H groups in total. The third-order valence-electron chi connectivity index (χ3n) is 3.25. The molecule has 0 aliphatic heterocycles. The van der Waals surface area contributed by atoms with Crippen molar-refractivity contribution in [2.45, 2.75) is 20.3 Å². The molecule has 0 atom stereocenters. The van der Waals surface area contributed by atoms with Gasteiger partial charge in [-0.1, -0.05) is 29.8 Å². The molecule has 0 spiro atoms. The number of hydrogen-bond donors (Lipinski definition) is 3. The van der Waals surface area contributed by atoms with Crippen molar-refractivity contribution in [2.24, 2.45) is 0 Å². The van der Waals surface area contributed by atoms with E-state index in [1.165, 1.54) is 29.5 Å². The van der Waals surface area contributed by atoms with Crippen LogP contribution in [-0.4, -0.2) is 30.5 Å². The minimum atomic E-state index is -0.440. The number of carbonyl (C=O) groups excluding carboxylic acids is 2. The van der Waals surface area contributed by atoms with E-state index in [4.69, 9.17) is 0 Å². The number of likely N-dealkylation sites (N-methyl/N-ethyl adjacent to an activating group) is 1. The number of nitrogens with zero attached hydrogens (tertiary/aromatic N) is 1. The van der Waals surface area contributed by atoms with Crippen LogP contribution >= 0.6 is 11.3 Å². The lowest BCUT2D eigenvalue weighted by Gasteiger charge is -2.03. The maximum atomic E-state index is 11.7. The average Bonchev–Trinajstić information content (AvgIpc) is 2.84. The van der Waals surface area contributed by atoms with E-state index < -0.39 is 6.03 Å². The minimum Gasteiger partial charge on any atom is -0.358 e. The Kier molecular flexibility index (Phi) is 5.70. The summed E-state index contributed by atoms with van der Waals surface area (Å²) >= 11 is 1.44. The second kappa shape index (κ2) is 7.73. The molecule has 0 fully saturated rings. The number of aromatic nitrogens is 1. The molecule has 0 bridgehead atoms. The number of anilines is 1. The summed E-state index contributed by atoms with van der Waals surface area (Å²) in [6, 6.07) is 7.88. The molecule has 6 nitrogen and oxygen atoms in total. The minimum absolute atomic E-state index is 0.0666. The zero-order valence-electron chi connectivity index (χ0n) is 13.4. The molecule has 0 aliphatic rings. The highest BCUT2D eigenvalue weighted by Gasteiger charge is 2.11. The van der Waals surface area contributed by atoms with Crippen LogP contribution in [-0.2, 0) is 11.2 Å². The van der Waals surface area contributed by atoms with Gasteiger partial charge in [0.2, 0.25) is 5.91 Å². The van der Waals surface area contributed by atoms with Crippen LogP contribution in [0, 0.1) is 13.8 Å². The van der Waals surface area contributed by atoms with E-state index in [1.807, 2.05) is 13.0 Å². The third-order valence-corrected chi connectivity index (χ3v) is 4.32. The van der Waals surface area contributed by atoms with Gasteiger partial charge in [-0.2, -0.15) is 0 Å². The lowest BCUT2D eigenvalue weighted by molar-refractivity contribution is -0.119. The van der Waals surface area contributed by atoms with E-state index in [-0.39, 0.29) is 12.5 Å². The van der Waals surface area contributed by atoms with Gasteiger partial charge in [0.25, 0.3) is 0 Å². The summed E-state index contributed by atoms with van der Waals surface area (Å²) in [7, 11) is 1.52. The number of rotatable bonds is 5. The first kappa shape index (κ1) is 17.0. The van der Waals surface area contributed by atoms with Crippen LogP contribution in [0.15, 0.2) is 24.3 Å². The highest BCUT2D eigenvalue weighted by atomic mass is 32.1. The van der Waals surface area contributed by atoms with Crippen LogP contribution in [0.1, 0.15) is 21.7 Å². The Bertz CT molecular complexity index is 712. The molecule has 23 heavy (non-hydrogen) atoms. The van der Waals surface area contributed by atoms with E-state index >= 15 is 0 Å². The fraction of sp³-hybridized carbons (Fsp3) is 0.312. The first-order chi connectivity index (χ1) is 11.0. The number of carbonyl (C=O) groups is 2. The zero-order valence-corrected chi connectivity index (χ0v) is 14.2. The number of thiazole rings is 1. The van der Waals surface area contributed by atoms with Crippen molar-refractivity contribution in [2.75, 3.05) is 18.9 Å².